The summed E-state index contributed by atoms with van der Waals surface area (Å²) in [7, 11) is -4.66. The Balaban J connectivity index is 1.07. The fourth-order valence-electron chi connectivity index (χ4n) is 8.26. The van der Waals surface area contributed by atoms with Crippen molar-refractivity contribution < 1.29 is 35.9 Å². The summed E-state index contributed by atoms with van der Waals surface area (Å²) in [5.41, 5.74) is 8.26. The molecule has 2 amide bonds. The highest BCUT2D eigenvalue weighted by Crippen LogP contribution is 2.44. The largest absolute Gasteiger partial charge is 0.744 e. The molecule has 62 heavy (non-hydrogen) atoms. The molecular weight excluding hydrogens is 821 g/mol. The van der Waals surface area contributed by atoms with Gasteiger partial charge in [-0.05, 0) is 105 Å². The number of nitrogens with zero attached hydrogens (tertiary/aromatic N) is 2. The number of para-hydroxylation sites is 1. The summed E-state index contributed by atoms with van der Waals surface area (Å²) >= 11 is -2.07. The predicted molar refractivity (Wildman–Crippen MR) is 245 cm³/mol. The number of fused-ring (bicyclic) bond motifs is 2. The van der Waals surface area contributed by atoms with Gasteiger partial charge >= 0.3 is 0 Å². The van der Waals surface area contributed by atoms with Gasteiger partial charge in [0.05, 0.1) is 21.8 Å². The Bertz CT molecular complexity index is 2630. The first-order valence-electron chi connectivity index (χ1n) is 20.9. The molecule has 0 fully saturated rings. The summed E-state index contributed by atoms with van der Waals surface area (Å²) in [6.45, 7) is 13.4. The van der Waals surface area contributed by atoms with Crippen LogP contribution in [0.3, 0.4) is 0 Å². The monoisotopic (exact) mass is 876 g/mol. The average Bonchev–Trinajstić information content (AvgIpc) is 3.60. The maximum Gasteiger partial charge on any atom is 0.229 e. The molecule has 4 aromatic carbocycles. The van der Waals surface area contributed by atoms with E-state index in [-0.39, 0.29) is 29.7 Å². The Kier molecular flexibility index (Phi) is 14.3. The molecule has 3 N–H and O–H groups in total. The molecule has 6 rings (SSSR count). The highest BCUT2D eigenvalue weighted by Gasteiger charge is 2.44. The summed E-state index contributed by atoms with van der Waals surface area (Å²) in [4.78, 5) is 28.4. The second kappa shape index (κ2) is 19.3. The van der Waals surface area contributed by atoms with Crippen molar-refractivity contribution in [2.75, 3.05) is 23.3 Å². The predicted octanol–water partition coefficient (Wildman–Crippen LogP) is 8.86. The smallest absolute Gasteiger partial charge is 0.229 e. The molecule has 0 saturated heterocycles. The normalized spacial score (nSPS) is 16.4. The lowest BCUT2D eigenvalue weighted by Gasteiger charge is -2.25. The molecule has 13 heteroatoms. The SMILES string of the molecule is Cc1ccccc1CN(C(=O)CCNC(=O)CCCCC[N+]1=C(/C=C/C=C/C=C2\Nc3ccc(S(=O)O)cc3C2(C)C)C(C)(C)c2cc(S(=O)(=O)[O-])ccc21)c1ccccc1C. The standard InChI is InChI=1S/C49H56N4O7S2/c1-34-17-12-14-19-36(34)33-53(42-20-15-13-18-35(42)2)47(55)28-29-50-46(54)23-11-8-16-30-52-43-27-25-38(62(58,59)60)32-40(43)49(5,6)45(52)22-10-7-9-21-44-48(3,4)39-31-37(61(56)57)24-26-41(39)51-44/h7,9-10,12-15,17-22,24-27,31-32H,8,11,16,23,28-30,33H2,1-6H3,(H3,50,54,56,57,58,59,60). The first-order chi connectivity index (χ1) is 29.4. The van der Waals surface area contributed by atoms with E-state index in [1.165, 1.54) is 12.1 Å². The van der Waals surface area contributed by atoms with Crippen molar-refractivity contribution >= 4 is 55.8 Å². The summed E-state index contributed by atoms with van der Waals surface area (Å²) in [5, 5.41) is 6.36. The molecule has 11 nitrogen and oxygen atoms in total. The third-order valence-electron chi connectivity index (χ3n) is 11.9. The fourth-order valence-corrected chi connectivity index (χ4v) is 9.16. The number of rotatable bonds is 17. The number of unbranched alkanes of at least 4 members (excludes halogenated alkanes) is 2. The molecule has 0 radical (unpaired) electrons. The number of aryl methyl sites for hydroxylation is 2. The summed E-state index contributed by atoms with van der Waals surface area (Å²) in [6, 6.07) is 25.6. The molecule has 0 bridgehead atoms. The van der Waals surface area contributed by atoms with Crippen molar-refractivity contribution in [2.24, 2.45) is 0 Å². The molecule has 2 aliphatic heterocycles. The second-order valence-corrected chi connectivity index (χ2v) is 19.3. The van der Waals surface area contributed by atoms with E-state index in [0.717, 1.165) is 69.1 Å². The molecule has 0 aromatic heterocycles. The van der Waals surface area contributed by atoms with E-state index in [4.69, 9.17) is 0 Å². The fraction of sp³-hybridized carbons (Fsp3) is 0.327. The van der Waals surface area contributed by atoms with Crippen LogP contribution >= 0.6 is 0 Å². The lowest BCUT2D eigenvalue weighted by atomic mass is 9.81. The van der Waals surface area contributed by atoms with Gasteiger partial charge in [0.15, 0.2) is 16.8 Å². The summed E-state index contributed by atoms with van der Waals surface area (Å²) < 4.78 is 59.5. The van der Waals surface area contributed by atoms with Crippen molar-refractivity contribution in [3.63, 3.8) is 0 Å². The van der Waals surface area contributed by atoms with Crippen molar-refractivity contribution in [1.82, 2.24) is 5.32 Å². The molecule has 2 aliphatic rings. The Hall–Kier alpha value is -5.47. The van der Waals surface area contributed by atoms with Crippen molar-refractivity contribution in [3.05, 3.63) is 149 Å². The van der Waals surface area contributed by atoms with Crippen LogP contribution in [0.25, 0.3) is 0 Å². The van der Waals surface area contributed by atoms with Gasteiger partial charge in [0, 0.05) is 66.0 Å². The van der Waals surface area contributed by atoms with Crippen LogP contribution in [0, 0.1) is 13.8 Å². The van der Waals surface area contributed by atoms with E-state index in [1.54, 1.807) is 23.1 Å². The van der Waals surface area contributed by atoms with Crippen LogP contribution in [-0.4, -0.2) is 56.9 Å². The molecule has 1 unspecified atom stereocenters. The molecule has 0 spiro atoms. The summed E-state index contributed by atoms with van der Waals surface area (Å²) in [6.07, 6.45) is 12.4. The Labute approximate surface area is 368 Å². The number of carbonyl (C=O) groups is 2. The van der Waals surface area contributed by atoms with E-state index in [2.05, 4.69) is 29.1 Å². The second-order valence-electron chi connectivity index (χ2n) is 16.9. The lowest BCUT2D eigenvalue weighted by molar-refractivity contribution is -0.438. The van der Waals surface area contributed by atoms with Crippen LogP contribution in [0.1, 0.15) is 87.6 Å². The first-order valence-corrected chi connectivity index (χ1v) is 23.4. The van der Waals surface area contributed by atoms with Crippen LogP contribution in [-0.2, 0) is 48.2 Å². The van der Waals surface area contributed by atoms with Crippen molar-refractivity contribution in [1.29, 1.82) is 0 Å². The molecule has 1 atom stereocenters. The number of anilines is 2. The van der Waals surface area contributed by atoms with Gasteiger partial charge < -0.3 is 24.6 Å². The van der Waals surface area contributed by atoms with Gasteiger partial charge in [-0.1, -0.05) is 74.5 Å². The molecule has 0 saturated carbocycles. The zero-order chi connectivity index (χ0) is 44.8. The zero-order valence-electron chi connectivity index (χ0n) is 36.2. The number of allylic oxidation sites excluding steroid dienone is 6. The minimum absolute atomic E-state index is 0.0652. The molecule has 326 valence electrons. The van der Waals surface area contributed by atoms with Crippen LogP contribution < -0.4 is 15.5 Å². The number of hydrogen-bond acceptors (Lipinski definition) is 7. The van der Waals surface area contributed by atoms with E-state index >= 15 is 0 Å². The first kappa shape index (κ1) is 46.0. The number of amides is 2. The molecule has 0 aliphatic carbocycles. The minimum Gasteiger partial charge on any atom is -0.744 e. The van der Waals surface area contributed by atoms with Crippen molar-refractivity contribution in [3.8, 4) is 0 Å². The maximum absolute atomic E-state index is 13.6. The Morgan fingerprint density at radius 1 is 0.855 bits per heavy atom. The highest BCUT2D eigenvalue weighted by molar-refractivity contribution is 7.85. The number of benzene rings is 4. The zero-order valence-corrected chi connectivity index (χ0v) is 37.9. The van der Waals surface area contributed by atoms with Gasteiger partial charge in [0.1, 0.15) is 16.7 Å². The topological polar surface area (TPSA) is 159 Å². The van der Waals surface area contributed by atoms with Gasteiger partial charge in [-0.3, -0.25) is 9.59 Å². The molecular formula is C49H56N4O7S2. The third kappa shape index (κ3) is 10.4. The number of hydrogen-bond donors (Lipinski definition) is 3. The van der Waals surface area contributed by atoms with E-state index < -0.39 is 32.0 Å². The van der Waals surface area contributed by atoms with Gasteiger partial charge in [-0.2, -0.15) is 4.58 Å². The van der Waals surface area contributed by atoms with Gasteiger partial charge in [-0.15, -0.1) is 0 Å². The van der Waals surface area contributed by atoms with Gasteiger partial charge in [0.25, 0.3) is 0 Å². The van der Waals surface area contributed by atoms with E-state index in [0.29, 0.717) is 30.8 Å². The average molecular weight is 877 g/mol. The van der Waals surface area contributed by atoms with Crippen molar-refractivity contribution in [2.45, 2.75) is 101 Å². The lowest BCUT2D eigenvalue weighted by Crippen LogP contribution is -2.34. The van der Waals surface area contributed by atoms with E-state index in [9.17, 15) is 31.3 Å². The quantitative estimate of drug-likeness (QED) is 0.0312. The molecule has 4 aromatic rings. The maximum atomic E-state index is 13.6. The number of carbonyl (C=O) groups excluding carboxylic acids is 2. The third-order valence-corrected chi connectivity index (χ3v) is 13.4. The number of nitrogens with one attached hydrogen (secondary N) is 2. The highest BCUT2D eigenvalue weighted by atomic mass is 32.2. The van der Waals surface area contributed by atoms with E-state index in [1.807, 2.05) is 113 Å². The van der Waals surface area contributed by atoms with Crippen LogP contribution in [0.5, 0.6) is 0 Å². The summed E-state index contributed by atoms with van der Waals surface area (Å²) in [5.74, 6) is -0.175. The van der Waals surface area contributed by atoms with Gasteiger partial charge in [-0.25, -0.2) is 12.6 Å². The Morgan fingerprint density at radius 3 is 2.29 bits per heavy atom. The van der Waals surface area contributed by atoms with Crippen LogP contribution in [0.15, 0.2) is 131 Å². The molecule has 2 heterocycles. The minimum atomic E-state index is -4.66. The van der Waals surface area contributed by atoms with Gasteiger partial charge in [0.2, 0.25) is 17.5 Å². The van der Waals surface area contributed by atoms with Crippen LogP contribution in [0.2, 0.25) is 0 Å². The van der Waals surface area contributed by atoms with Crippen LogP contribution in [0.4, 0.5) is 17.1 Å². The Morgan fingerprint density at radius 2 is 1.58 bits per heavy atom.